The standard InChI is InChI=1S/C8H18N2O2/c1-4-7(8(9)11)10-6(2)5-12-3/h6-7,10H,4-5H2,1-3H3,(H2,9,11). The summed E-state index contributed by atoms with van der Waals surface area (Å²) in [4.78, 5) is 10.8. The third kappa shape index (κ3) is 4.31. The Labute approximate surface area is 73.5 Å². The predicted molar refractivity (Wildman–Crippen MR) is 47.7 cm³/mol. The third-order valence-electron chi connectivity index (χ3n) is 1.65. The molecular formula is C8H18N2O2. The van der Waals surface area contributed by atoms with Gasteiger partial charge < -0.3 is 15.8 Å². The average molecular weight is 174 g/mol. The van der Waals surface area contributed by atoms with Gasteiger partial charge in [-0.2, -0.15) is 0 Å². The Hall–Kier alpha value is -0.610. The smallest absolute Gasteiger partial charge is 0.234 e. The van der Waals surface area contributed by atoms with E-state index >= 15 is 0 Å². The number of methoxy groups -OCH3 is 1. The van der Waals surface area contributed by atoms with Crippen molar-refractivity contribution in [2.24, 2.45) is 5.73 Å². The Morgan fingerprint density at radius 2 is 2.25 bits per heavy atom. The number of nitrogens with one attached hydrogen (secondary N) is 1. The van der Waals surface area contributed by atoms with Gasteiger partial charge in [0, 0.05) is 13.2 Å². The van der Waals surface area contributed by atoms with E-state index in [0.29, 0.717) is 13.0 Å². The number of ether oxygens (including phenoxy) is 1. The minimum Gasteiger partial charge on any atom is -0.383 e. The van der Waals surface area contributed by atoms with Gasteiger partial charge in [-0.1, -0.05) is 6.92 Å². The Morgan fingerprint density at radius 1 is 1.67 bits per heavy atom. The van der Waals surface area contributed by atoms with Crippen molar-refractivity contribution in [3.63, 3.8) is 0 Å². The lowest BCUT2D eigenvalue weighted by molar-refractivity contribution is -0.120. The molecule has 0 rings (SSSR count). The second kappa shape index (κ2) is 5.97. The Kier molecular flexibility index (Phi) is 5.66. The molecule has 1 amide bonds. The van der Waals surface area contributed by atoms with Crippen molar-refractivity contribution < 1.29 is 9.53 Å². The monoisotopic (exact) mass is 174 g/mol. The van der Waals surface area contributed by atoms with E-state index in [1.165, 1.54) is 0 Å². The fraction of sp³-hybridized carbons (Fsp3) is 0.875. The van der Waals surface area contributed by atoms with Crippen molar-refractivity contribution in [2.45, 2.75) is 32.4 Å². The molecule has 0 saturated carbocycles. The predicted octanol–water partition coefficient (Wildman–Crippen LogP) is -0.125. The van der Waals surface area contributed by atoms with E-state index in [0.717, 1.165) is 0 Å². The highest BCUT2D eigenvalue weighted by Crippen LogP contribution is 1.92. The van der Waals surface area contributed by atoms with Crippen LogP contribution in [0.3, 0.4) is 0 Å². The summed E-state index contributed by atoms with van der Waals surface area (Å²) in [6.07, 6.45) is 0.712. The van der Waals surface area contributed by atoms with Crippen LogP contribution in [0.4, 0.5) is 0 Å². The van der Waals surface area contributed by atoms with Crippen LogP contribution >= 0.6 is 0 Å². The molecule has 2 unspecified atom stereocenters. The number of nitrogens with two attached hydrogens (primary N) is 1. The highest BCUT2D eigenvalue weighted by atomic mass is 16.5. The van der Waals surface area contributed by atoms with E-state index in [2.05, 4.69) is 5.32 Å². The Bertz CT molecular complexity index is 139. The van der Waals surface area contributed by atoms with Gasteiger partial charge >= 0.3 is 0 Å². The molecule has 4 nitrogen and oxygen atoms in total. The van der Waals surface area contributed by atoms with Crippen LogP contribution in [0.1, 0.15) is 20.3 Å². The summed E-state index contributed by atoms with van der Waals surface area (Å²) in [5, 5.41) is 3.07. The highest BCUT2D eigenvalue weighted by molar-refractivity contribution is 5.79. The summed E-state index contributed by atoms with van der Waals surface area (Å²) in [6.45, 7) is 4.46. The summed E-state index contributed by atoms with van der Waals surface area (Å²) in [5.41, 5.74) is 5.15. The zero-order chi connectivity index (χ0) is 9.56. The Balaban J connectivity index is 3.77. The SMILES string of the molecule is CCC(NC(C)COC)C(N)=O. The molecule has 4 heteroatoms. The van der Waals surface area contributed by atoms with Crippen molar-refractivity contribution in [1.29, 1.82) is 0 Å². The molecular weight excluding hydrogens is 156 g/mol. The van der Waals surface area contributed by atoms with E-state index in [9.17, 15) is 4.79 Å². The van der Waals surface area contributed by atoms with Crippen LogP contribution in [0.2, 0.25) is 0 Å². The zero-order valence-corrected chi connectivity index (χ0v) is 7.96. The molecule has 0 aliphatic carbocycles. The number of carbonyl (C=O) groups is 1. The molecule has 0 aliphatic heterocycles. The van der Waals surface area contributed by atoms with Crippen LogP contribution in [0.5, 0.6) is 0 Å². The van der Waals surface area contributed by atoms with Gasteiger partial charge in [0.25, 0.3) is 0 Å². The molecule has 0 bridgehead atoms. The van der Waals surface area contributed by atoms with Crippen LogP contribution in [0.25, 0.3) is 0 Å². The quantitative estimate of drug-likeness (QED) is 0.590. The average Bonchev–Trinajstić information content (AvgIpc) is 2.00. The number of hydrogen-bond donors (Lipinski definition) is 2. The summed E-state index contributed by atoms with van der Waals surface area (Å²) < 4.78 is 4.91. The minimum absolute atomic E-state index is 0.160. The highest BCUT2D eigenvalue weighted by Gasteiger charge is 2.14. The molecule has 72 valence electrons. The minimum atomic E-state index is -0.305. The van der Waals surface area contributed by atoms with Crippen LogP contribution in [0, 0.1) is 0 Å². The summed E-state index contributed by atoms with van der Waals surface area (Å²) >= 11 is 0. The zero-order valence-electron chi connectivity index (χ0n) is 7.96. The molecule has 12 heavy (non-hydrogen) atoms. The lowest BCUT2D eigenvalue weighted by Gasteiger charge is -2.18. The first-order valence-corrected chi connectivity index (χ1v) is 4.16. The number of carbonyl (C=O) groups excluding carboxylic acids is 1. The molecule has 2 atom stereocenters. The van der Waals surface area contributed by atoms with Crippen LogP contribution < -0.4 is 11.1 Å². The normalized spacial score (nSPS) is 15.6. The van der Waals surface area contributed by atoms with E-state index in [1.54, 1.807) is 7.11 Å². The van der Waals surface area contributed by atoms with Crippen LogP contribution in [0.15, 0.2) is 0 Å². The molecule has 0 aromatic heterocycles. The molecule has 0 aliphatic rings. The summed E-state index contributed by atoms with van der Waals surface area (Å²) in [5.74, 6) is -0.305. The molecule has 0 aromatic carbocycles. The van der Waals surface area contributed by atoms with Crippen LogP contribution in [-0.4, -0.2) is 31.7 Å². The van der Waals surface area contributed by atoms with Gasteiger partial charge in [0.1, 0.15) is 0 Å². The van der Waals surface area contributed by atoms with Gasteiger partial charge in [-0.25, -0.2) is 0 Å². The van der Waals surface area contributed by atoms with Crippen molar-refractivity contribution in [1.82, 2.24) is 5.32 Å². The van der Waals surface area contributed by atoms with Crippen molar-refractivity contribution in [2.75, 3.05) is 13.7 Å². The van der Waals surface area contributed by atoms with Gasteiger partial charge in [-0.05, 0) is 13.3 Å². The van der Waals surface area contributed by atoms with E-state index in [1.807, 2.05) is 13.8 Å². The van der Waals surface area contributed by atoms with Crippen LogP contribution in [-0.2, 0) is 9.53 Å². The lowest BCUT2D eigenvalue weighted by atomic mass is 10.2. The van der Waals surface area contributed by atoms with Crippen molar-refractivity contribution in [3.8, 4) is 0 Å². The van der Waals surface area contributed by atoms with E-state index in [4.69, 9.17) is 10.5 Å². The van der Waals surface area contributed by atoms with Gasteiger partial charge in [0.05, 0.1) is 12.6 Å². The molecule has 0 fully saturated rings. The Morgan fingerprint density at radius 3 is 2.58 bits per heavy atom. The number of primary amides is 1. The molecule has 0 radical (unpaired) electrons. The number of hydrogen-bond acceptors (Lipinski definition) is 3. The van der Waals surface area contributed by atoms with Crippen molar-refractivity contribution in [3.05, 3.63) is 0 Å². The maximum Gasteiger partial charge on any atom is 0.234 e. The maximum atomic E-state index is 10.8. The third-order valence-corrected chi connectivity index (χ3v) is 1.65. The van der Waals surface area contributed by atoms with Gasteiger partial charge in [-0.15, -0.1) is 0 Å². The second-order valence-electron chi connectivity index (χ2n) is 2.89. The fourth-order valence-electron chi connectivity index (χ4n) is 1.04. The van der Waals surface area contributed by atoms with E-state index in [-0.39, 0.29) is 18.0 Å². The van der Waals surface area contributed by atoms with Gasteiger partial charge in [0.15, 0.2) is 0 Å². The first-order valence-electron chi connectivity index (χ1n) is 4.16. The topological polar surface area (TPSA) is 64.3 Å². The molecule has 0 spiro atoms. The molecule has 0 heterocycles. The summed E-state index contributed by atoms with van der Waals surface area (Å²) in [6, 6.07) is -0.0809. The largest absolute Gasteiger partial charge is 0.383 e. The first kappa shape index (κ1) is 11.4. The second-order valence-corrected chi connectivity index (χ2v) is 2.89. The van der Waals surface area contributed by atoms with E-state index < -0.39 is 0 Å². The molecule has 0 saturated heterocycles. The fourth-order valence-corrected chi connectivity index (χ4v) is 1.04. The van der Waals surface area contributed by atoms with Gasteiger partial charge in [0.2, 0.25) is 5.91 Å². The first-order chi connectivity index (χ1) is 5.61. The number of amides is 1. The number of rotatable bonds is 6. The molecule has 3 N–H and O–H groups in total. The lowest BCUT2D eigenvalue weighted by Crippen LogP contribution is -2.46. The van der Waals surface area contributed by atoms with Gasteiger partial charge in [-0.3, -0.25) is 4.79 Å². The van der Waals surface area contributed by atoms with Crippen molar-refractivity contribution >= 4 is 5.91 Å². The summed E-state index contributed by atoms with van der Waals surface area (Å²) in [7, 11) is 1.63. The molecule has 0 aromatic rings. The maximum absolute atomic E-state index is 10.8.